The third-order valence-corrected chi connectivity index (χ3v) is 2.50. The third-order valence-electron chi connectivity index (χ3n) is 2.50. The van der Waals surface area contributed by atoms with E-state index in [1.54, 1.807) is 25.3 Å². The van der Waals surface area contributed by atoms with Gasteiger partial charge in [0, 0.05) is 12.1 Å². The number of carbonyl (C=O) groups excluding carboxylic acids is 1. The van der Waals surface area contributed by atoms with E-state index >= 15 is 0 Å². The van der Waals surface area contributed by atoms with Gasteiger partial charge in [0.15, 0.2) is 6.61 Å². The van der Waals surface area contributed by atoms with Crippen molar-refractivity contribution in [3.8, 4) is 11.5 Å². The zero-order chi connectivity index (χ0) is 14.3. The SMILES string of the molecule is COc1ccc(OCC(=O)NCC(C)C)c(CO)c1. The highest BCUT2D eigenvalue weighted by Gasteiger charge is 2.08. The second-order valence-electron chi connectivity index (χ2n) is 4.62. The van der Waals surface area contributed by atoms with E-state index in [2.05, 4.69) is 5.32 Å². The lowest BCUT2D eigenvalue weighted by molar-refractivity contribution is -0.123. The lowest BCUT2D eigenvalue weighted by Gasteiger charge is -2.12. The number of carbonyl (C=O) groups is 1. The summed E-state index contributed by atoms with van der Waals surface area (Å²) in [5.74, 6) is 1.36. The number of amides is 1. The van der Waals surface area contributed by atoms with Gasteiger partial charge in [0.1, 0.15) is 11.5 Å². The number of rotatable bonds is 7. The van der Waals surface area contributed by atoms with Crippen molar-refractivity contribution in [1.29, 1.82) is 0 Å². The number of hydrogen-bond donors (Lipinski definition) is 2. The minimum absolute atomic E-state index is 0.0634. The largest absolute Gasteiger partial charge is 0.497 e. The van der Waals surface area contributed by atoms with Crippen LogP contribution in [0.5, 0.6) is 11.5 Å². The summed E-state index contributed by atoms with van der Waals surface area (Å²) in [5, 5.41) is 12.0. The van der Waals surface area contributed by atoms with Crippen molar-refractivity contribution < 1.29 is 19.4 Å². The Balaban J connectivity index is 2.55. The van der Waals surface area contributed by atoms with Crippen molar-refractivity contribution in [2.24, 2.45) is 5.92 Å². The molecule has 5 nitrogen and oxygen atoms in total. The molecule has 0 spiro atoms. The second kappa shape index (κ2) is 7.63. The van der Waals surface area contributed by atoms with Gasteiger partial charge in [-0.3, -0.25) is 4.79 Å². The summed E-state index contributed by atoms with van der Waals surface area (Å²) in [7, 11) is 1.55. The number of hydrogen-bond acceptors (Lipinski definition) is 4. The number of nitrogens with one attached hydrogen (secondary N) is 1. The highest BCUT2D eigenvalue weighted by molar-refractivity contribution is 5.77. The average Bonchev–Trinajstić information content (AvgIpc) is 2.42. The molecule has 106 valence electrons. The van der Waals surface area contributed by atoms with E-state index in [0.717, 1.165) is 0 Å². The first kappa shape index (κ1) is 15.3. The Labute approximate surface area is 113 Å². The molecule has 2 N–H and O–H groups in total. The molecular weight excluding hydrogens is 246 g/mol. The smallest absolute Gasteiger partial charge is 0.257 e. The van der Waals surface area contributed by atoms with Crippen LogP contribution in [0.1, 0.15) is 19.4 Å². The van der Waals surface area contributed by atoms with Crippen LogP contribution < -0.4 is 14.8 Å². The van der Waals surface area contributed by atoms with Crippen molar-refractivity contribution in [3.63, 3.8) is 0 Å². The van der Waals surface area contributed by atoms with Crippen LogP contribution in [-0.2, 0) is 11.4 Å². The zero-order valence-electron chi connectivity index (χ0n) is 11.6. The van der Waals surface area contributed by atoms with Crippen molar-refractivity contribution in [2.45, 2.75) is 20.5 Å². The summed E-state index contributed by atoms with van der Waals surface area (Å²) in [6.45, 7) is 4.44. The van der Waals surface area contributed by atoms with Crippen LogP contribution in [0.3, 0.4) is 0 Å². The molecular formula is C14H21NO4. The van der Waals surface area contributed by atoms with Gasteiger partial charge in [-0.2, -0.15) is 0 Å². The first-order chi connectivity index (χ1) is 9.06. The van der Waals surface area contributed by atoms with Gasteiger partial charge in [-0.05, 0) is 24.1 Å². The molecule has 0 atom stereocenters. The molecule has 1 amide bonds. The van der Waals surface area contributed by atoms with Gasteiger partial charge in [0.05, 0.1) is 13.7 Å². The minimum Gasteiger partial charge on any atom is -0.497 e. The molecule has 0 saturated heterocycles. The van der Waals surface area contributed by atoms with E-state index in [9.17, 15) is 9.90 Å². The van der Waals surface area contributed by atoms with Crippen molar-refractivity contribution >= 4 is 5.91 Å². The van der Waals surface area contributed by atoms with Gasteiger partial charge in [-0.25, -0.2) is 0 Å². The quantitative estimate of drug-likeness (QED) is 0.782. The third kappa shape index (κ3) is 5.18. The summed E-state index contributed by atoms with van der Waals surface area (Å²) in [4.78, 5) is 11.5. The molecule has 0 fully saturated rings. The highest BCUT2D eigenvalue weighted by Crippen LogP contribution is 2.24. The molecule has 0 radical (unpaired) electrons. The molecule has 0 heterocycles. The predicted octanol–water partition coefficient (Wildman–Crippen LogP) is 1.34. The molecule has 1 aromatic carbocycles. The molecule has 19 heavy (non-hydrogen) atoms. The first-order valence-electron chi connectivity index (χ1n) is 6.24. The van der Waals surface area contributed by atoms with E-state index in [4.69, 9.17) is 9.47 Å². The molecule has 1 rings (SSSR count). The Morgan fingerprint density at radius 3 is 2.74 bits per heavy atom. The van der Waals surface area contributed by atoms with Gasteiger partial charge in [-0.15, -0.1) is 0 Å². The van der Waals surface area contributed by atoms with Gasteiger partial charge < -0.3 is 19.9 Å². The van der Waals surface area contributed by atoms with Crippen molar-refractivity contribution in [2.75, 3.05) is 20.3 Å². The second-order valence-corrected chi connectivity index (χ2v) is 4.62. The maximum Gasteiger partial charge on any atom is 0.257 e. The van der Waals surface area contributed by atoms with Crippen LogP contribution in [-0.4, -0.2) is 31.3 Å². The Hall–Kier alpha value is -1.75. The van der Waals surface area contributed by atoms with Crippen LogP contribution in [0.25, 0.3) is 0 Å². The fraction of sp³-hybridized carbons (Fsp3) is 0.500. The highest BCUT2D eigenvalue weighted by atomic mass is 16.5. The fourth-order valence-electron chi connectivity index (χ4n) is 1.46. The van der Waals surface area contributed by atoms with E-state index in [0.29, 0.717) is 29.5 Å². The Morgan fingerprint density at radius 1 is 1.42 bits per heavy atom. The van der Waals surface area contributed by atoms with E-state index in [1.165, 1.54) is 0 Å². The maximum absolute atomic E-state index is 11.5. The Morgan fingerprint density at radius 2 is 2.16 bits per heavy atom. The molecule has 0 aliphatic carbocycles. The molecule has 0 saturated carbocycles. The van der Waals surface area contributed by atoms with E-state index in [1.807, 2.05) is 13.8 Å². The number of benzene rings is 1. The summed E-state index contributed by atoms with van der Waals surface area (Å²) in [5.41, 5.74) is 0.594. The molecule has 1 aromatic rings. The molecule has 5 heteroatoms. The summed E-state index contributed by atoms with van der Waals surface area (Å²) < 4.78 is 10.5. The summed E-state index contributed by atoms with van der Waals surface area (Å²) in [6, 6.07) is 5.09. The van der Waals surface area contributed by atoms with Crippen LogP contribution in [0.2, 0.25) is 0 Å². The first-order valence-corrected chi connectivity index (χ1v) is 6.24. The summed E-state index contributed by atoms with van der Waals surface area (Å²) >= 11 is 0. The Bertz CT molecular complexity index is 418. The molecule has 0 unspecified atom stereocenters. The summed E-state index contributed by atoms with van der Waals surface area (Å²) in [6.07, 6.45) is 0. The predicted molar refractivity (Wildman–Crippen MR) is 72.3 cm³/mol. The van der Waals surface area contributed by atoms with Crippen molar-refractivity contribution in [1.82, 2.24) is 5.32 Å². The van der Waals surface area contributed by atoms with Gasteiger partial charge in [0.2, 0.25) is 0 Å². The Kier molecular flexibility index (Phi) is 6.15. The van der Waals surface area contributed by atoms with Crippen LogP contribution in [0.4, 0.5) is 0 Å². The van der Waals surface area contributed by atoms with Gasteiger partial charge in [0.25, 0.3) is 5.91 Å². The number of methoxy groups -OCH3 is 1. The molecule has 0 aromatic heterocycles. The molecule has 0 aliphatic rings. The van der Waals surface area contributed by atoms with Crippen LogP contribution in [0.15, 0.2) is 18.2 Å². The molecule has 0 bridgehead atoms. The fourth-order valence-corrected chi connectivity index (χ4v) is 1.46. The lowest BCUT2D eigenvalue weighted by atomic mass is 10.2. The minimum atomic E-state index is -0.173. The number of aliphatic hydroxyl groups is 1. The van der Waals surface area contributed by atoms with E-state index < -0.39 is 0 Å². The average molecular weight is 267 g/mol. The van der Waals surface area contributed by atoms with Crippen LogP contribution >= 0.6 is 0 Å². The van der Waals surface area contributed by atoms with Gasteiger partial charge in [-0.1, -0.05) is 13.8 Å². The van der Waals surface area contributed by atoms with E-state index in [-0.39, 0.29) is 19.1 Å². The number of aliphatic hydroxyl groups excluding tert-OH is 1. The van der Waals surface area contributed by atoms with Gasteiger partial charge >= 0.3 is 0 Å². The van der Waals surface area contributed by atoms with Crippen molar-refractivity contribution in [3.05, 3.63) is 23.8 Å². The standard InChI is InChI=1S/C14H21NO4/c1-10(2)7-15-14(17)9-19-13-5-4-12(18-3)6-11(13)8-16/h4-6,10,16H,7-9H2,1-3H3,(H,15,17). The zero-order valence-corrected chi connectivity index (χ0v) is 11.6. The maximum atomic E-state index is 11.5. The molecule has 0 aliphatic heterocycles. The topological polar surface area (TPSA) is 67.8 Å². The monoisotopic (exact) mass is 267 g/mol. The normalized spacial score (nSPS) is 10.4. The number of ether oxygens (including phenoxy) is 2. The van der Waals surface area contributed by atoms with Crippen LogP contribution in [0, 0.1) is 5.92 Å². The lowest BCUT2D eigenvalue weighted by Crippen LogP contribution is -2.31.